The first-order valence-corrected chi connectivity index (χ1v) is 2.83. The number of ether oxygens (including phenoxy) is 1. The van der Waals surface area contributed by atoms with E-state index in [0.29, 0.717) is 6.61 Å². The van der Waals surface area contributed by atoms with Crippen LogP contribution in [0.3, 0.4) is 0 Å². The van der Waals surface area contributed by atoms with Crippen LogP contribution in [0.4, 0.5) is 0 Å². The van der Waals surface area contributed by atoms with E-state index in [-0.39, 0.29) is 5.78 Å². The molecule has 52 valence electrons. The molecule has 0 N–H and O–H groups in total. The molecular weight excluding hydrogens is 116 g/mol. The number of ketones is 1. The Labute approximate surface area is 55.5 Å². The highest BCUT2D eigenvalue weighted by atomic mass is 16.5. The van der Waals surface area contributed by atoms with Crippen molar-refractivity contribution < 1.29 is 9.53 Å². The van der Waals surface area contributed by atoms with E-state index in [4.69, 9.17) is 4.74 Å². The van der Waals surface area contributed by atoms with Gasteiger partial charge in [-0.2, -0.15) is 0 Å². The van der Waals surface area contributed by atoms with Crippen LogP contribution in [0.15, 0.2) is 11.6 Å². The summed E-state index contributed by atoms with van der Waals surface area (Å²) in [6.07, 6.45) is 1.57. The lowest BCUT2D eigenvalue weighted by Gasteiger charge is -1.94. The van der Waals surface area contributed by atoms with E-state index >= 15 is 0 Å². The molecule has 0 rings (SSSR count). The molecule has 0 amide bonds. The lowest BCUT2D eigenvalue weighted by molar-refractivity contribution is -0.112. The van der Waals surface area contributed by atoms with E-state index < -0.39 is 0 Å². The van der Waals surface area contributed by atoms with Crippen LogP contribution in [-0.4, -0.2) is 19.5 Å². The highest BCUT2D eigenvalue weighted by molar-refractivity contribution is 5.87. The summed E-state index contributed by atoms with van der Waals surface area (Å²) >= 11 is 0. The lowest BCUT2D eigenvalue weighted by Crippen LogP contribution is -1.92. The molecule has 0 aliphatic carbocycles. The molecule has 0 spiro atoms. The minimum Gasteiger partial charge on any atom is -0.380 e. The Kier molecular flexibility index (Phi) is 3.97. The van der Waals surface area contributed by atoms with Gasteiger partial charge >= 0.3 is 0 Å². The van der Waals surface area contributed by atoms with E-state index in [1.54, 1.807) is 13.2 Å². The summed E-state index contributed by atoms with van der Waals surface area (Å²) in [6.45, 7) is 3.93. The summed E-state index contributed by atoms with van der Waals surface area (Å²) in [6, 6.07) is 0. The maximum Gasteiger partial charge on any atom is 0.152 e. The summed E-state index contributed by atoms with van der Waals surface area (Å²) in [5.41, 5.74) is 0.963. The highest BCUT2D eigenvalue weighted by Crippen LogP contribution is 1.91. The van der Waals surface area contributed by atoms with Crippen molar-refractivity contribution in [2.24, 2.45) is 0 Å². The molecule has 2 heteroatoms. The molecule has 0 atom stereocenters. The number of hydrogen-bond donors (Lipinski definition) is 0. The molecule has 0 fully saturated rings. The Balaban J connectivity index is 3.69. The third-order valence-electron chi connectivity index (χ3n) is 0.822. The molecule has 0 aromatic rings. The number of methoxy groups -OCH3 is 1. The maximum absolute atomic E-state index is 10.4. The molecular formula is C7H12O2. The SMILES string of the molecule is COC/C(C)=C/C(C)=O. The molecule has 0 saturated heterocycles. The summed E-state index contributed by atoms with van der Waals surface area (Å²) in [4.78, 5) is 10.4. The molecule has 0 aromatic heterocycles. The van der Waals surface area contributed by atoms with Crippen molar-refractivity contribution in [3.05, 3.63) is 11.6 Å². The van der Waals surface area contributed by atoms with E-state index in [1.807, 2.05) is 6.92 Å². The number of carbonyl (C=O) groups is 1. The molecule has 0 saturated carbocycles. The van der Waals surface area contributed by atoms with Crippen LogP contribution >= 0.6 is 0 Å². The van der Waals surface area contributed by atoms with Crippen LogP contribution in [-0.2, 0) is 9.53 Å². The monoisotopic (exact) mass is 128 g/mol. The average molecular weight is 128 g/mol. The smallest absolute Gasteiger partial charge is 0.152 e. The van der Waals surface area contributed by atoms with Crippen LogP contribution in [0.1, 0.15) is 13.8 Å². The first kappa shape index (κ1) is 8.37. The lowest BCUT2D eigenvalue weighted by atomic mass is 10.2. The summed E-state index contributed by atoms with van der Waals surface area (Å²) in [5.74, 6) is 0.0737. The van der Waals surface area contributed by atoms with Gasteiger partial charge in [0.1, 0.15) is 0 Å². The number of allylic oxidation sites excluding steroid dienone is 1. The zero-order chi connectivity index (χ0) is 7.28. The zero-order valence-corrected chi connectivity index (χ0v) is 6.10. The molecule has 0 bridgehead atoms. The molecule has 0 aliphatic rings. The van der Waals surface area contributed by atoms with E-state index in [0.717, 1.165) is 5.57 Å². The Bertz CT molecular complexity index is 125. The van der Waals surface area contributed by atoms with Crippen LogP contribution in [0.5, 0.6) is 0 Å². The van der Waals surface area contributed by atoms with Crippen LogP contribution in [0.25, 0.3) is 0 Å². The molecule has 0 unspecified atom stereocenters. The second-order valence-corrected chi connectivity index (χ2v) is 2.03. The van der Waals surface area contributed by atoms with E-state index in [9.17, 15) is 4.79 Å². The van der Waals surface area contributed by atoms with Gasteiger partial charge in [0.2, 0.25) is 0 Å². The standard InChI is InChI=1S/C7H12O2/c1-6(5-9-3)4-7(2)8/h4H,5H2,1-3H3/b6-4+. The van der Waals surface area contributed by atoms with Crippen molar-refractivity contribution in [3.8, 4) is 0 Å². The number of carbonyl (C=O) groups excluding carboxylic acids is 1. The van der Waals surface area contributed by atoms with Crippen LogP contribution < -0.4 is 0 Å². The van der Waals surface area contributed by atoms with Gasteiger partial charge in [-0.25, -0.2) is 0 Å². The molecule has 0 aromatic carbocycles. The Hall–Kier alpha value is -0.630. The van der Waals surface area contributed by atoms with Crippen molar-refractivity contribution in [3.63, 3.8) is 0 Å². The predicted octanol–water partition coefficient (Wildman–Crippen LogP) is 1.17. The molecule has 2 nitrogen and oxygen atoms in total. The van der Waals surface area contributed by atoms with Crippen LogP contribution in [0.2, 0.25) is 0 Å². The van der Waals surface area contributed by atoms with Crippen molar-refractivity contribution in [1.29, 1.82) is 0 Å². The van der Waals surface area contributed by atoms with Gasteiger partial charge in [-0.05, 0) is 25.5 Å². The highest BCUT2D eigenvalue weighted by Gasteiger charge is 1.88. The first-order chi connectivity index (χ1) is 4.16. The second kappa shape index (κ2) is 4.27. The summed E-state index contributed by atoms with van der Waals surface area (Å²) < 4.78 is 4.78. The first-order valence-electron chi connectivity index (χ1n) is 2.83. The largest absolute Gasteiger partial charge is 0.380 e. The van der Waals surface area contributed by atoms with E-state index in [1.165, 1.54) is 6.92 Å². The number of rotatable bonds is 3. The fourth-order valence-corrected chi connectivity index (χ4v) is 0.616. The van der Waals surface area contributed by atoms with Crippen molar-refractivity contribution in [2.75, 3.05) is 13.7 Å². The van der Waals surface area contributed by atoms with Crippen molar-refractivity contribution in [1.82, 2.24) is 0 Å². The van der Waals surface area contributed by atoms with Gasteiger partial charge in [0.15, 0.2) is 5.78 Å². The van der Waals surface area contributed by atoms with Gasteiger partial charge in [-0.1, -0.05) is 0 Å². The zero-order valence-electron chi connectivity index (χ0n) is 6.10. The molecule has 0 radical (unpaired) electrons. The van der Waals surface area contributed by atoms with Crippen molar-refractivity contribution >= 4 is 5.78 Å². The Morgan fingerprint density at radius 2 is 2.11 bits per heavy atom. The predicted molar refractivity (Wildman–Crippen MR) is 36.3 cm³/mol. The van der Waals surface area contributed by atoms with Gasteiger partial charge in [-0.15, -0.1) is 0 Å². The van der Waals surface area contributed by atoms with E-state index in [2.05, 4.69) is 0 Å². The second-order valence-electron chi connectivity index (χ2n) is 2.03. The van der Waals surface area contributed by atoms with Gasteiger partial charge < -0.3 is 4.74 Å². The summed E-state index contributed by atoms with van der Waals surface area (Å²) in [7, 11) is 1.61. The minimum atomic E-state index is 0.0737. The topological polar surface area (TPSA) is 26.3 Å². The Morgan fingerprint density at radius 3 is 2.44 bits per heavy atom. The normalized spacial score (nSPS) is 11.7. The van der Waals surface area contributed by atoms with Gasteiger partial charge in [-0.3, -0.25) is 4.79 Å². The quantitative estimate of drug-likeness (QED) is 0.533. The fraction of sp³-hybridized carbons (Fsp3) is 0.571. The number of hydrogen-bond acceptors (Lipinski definition) is 2. The maximum atomic E-state index is 10.4. The third-order valence-corrected chi connectivity index (χ3v) is 0.822. The summed E-state index contributed by atoms with van der Waals surface area (Å²) in [5, 5.41) is 0. The van der Waals surface area contributed by atoms with Gasteiger partial charge in [0, 0.05) is 7.11 Å². The third kappa shape index (κ3) is 5.24. The molecule has 0 heterocycles. The minimum absolute atomic E-state index is 0.0737. The van der Waals surface area contributed by atoms with Crippen molar-refractivity contribution in [2.45, 2.75) is 13.8 Å². The van der Waals surface area contributed by atoms with Crippen LogP contribution in [0, 0.1) is 0 Å². The van der Waals surface area contributed by atoms with Gasteiger partial charge in [0.25, 0.3) is 0 Å². The molecule has 0 aliphatic heterocycles. The Morgan fingerprint density at radius 1 is 1.56 bits per heavy atom. The fourth-order valence-electron chi connectivity index (χ4n) is 0.616. The average Bonchev–Trinajstić information content (AvgIpc) is 1.63. The van der Waals surface area contributed by atoms with Gasteiger partial charge in [0.05, 0.1) is 6.61 Å². The molecule has 9 heavy (non-hydrogen) atoms.